The maximum absolute atomic E-state index is 13.6. The molecule has 0 aliphatic rings. The molecule has 0 saturated heterocycles. The van der Waals surface area contributed by atoms with Gasteiger partial charge in [0.25, 0.3) is 11.6 Å². The number of aromatic nitrogens is 2. The van der Waals surface area contributed by atoms with Gasteiger partial charge < -0.3 is 14.8 Å². The summed E-state index contributed by atoms with van der Waals surface area (Å²) in [6.45, 7) is 0. The summed E-state index contributed by atoms with van der Waals surface area (Å²) in [5.41, 5.74) is -0.676. The molecule has 2 N–H and O–H groups in total. The molecule has 0 fully saturated rings. The van der Waals surface area contributed by atoms with Crippen molar-refractivity contribution in [3.63, 3.8) is 0 Å². The van der Waals surface area contributed by atoms with E-state index in [1.807, 2.05) is 0 Å². The fourth-order valence-corrected chi connectivity index (χ4v) is 4.11. The summed E-state index contributed by atoms with van der Waals surface area (Å²) in [6, 6.07) is 8.04. The zero-order valence-electron chi connectivity index (χ0n) is 17.2. The highest BCUT2D eigenvalue weighted by atomic mass is 32.2. The van der Waals surface area contributed by atoms with Crippen molar-refractivity contribution >= 4 is 51.4 Å². The summed E-state index contributed by atoms with van der Waals surface area (Å²) in [5.74, 6) is -1.63. The number of hydrogen-bond donors (Lipinski definition) is 2. The van der Waals surface area contributed by atoms with Crippen molar-refractivity contribution in [3.05, 3.63) is 57.9 Å². The number of nitro groups is 1. The number of anilines is 2. The summed E-state index contributed by atoms with van der Waals surface area (Å²) in [4.78, 5) is 35.3. The highest BCUT2D eigenvalue weighted by Crippen LogP contribution is 2.35. The molecule has 33 heavy (non-hydrogen) atoms. The van der Waals surface area contributed by atoms with Crippen LogP contribution in [-0.2, 0) is 4.79 Å². The average Bonchev–Trinajstić information content (AvgIpc) is 3.25. The van der Waals surface area contributed by atoms with E-state index in [1.165, 1.54) is 38.5 Å². The quantitative estimate of drug-likeness (QED) is 0.198. The molecule has 11 nitrogen and oxygen atoms in total. The number of para-hydroxylation sites is 1. The molecule has 2 amide bonds. The third kappa shape index (κ3) is 5.93. The Kier molecular flexibility index (Phi) is 7.74. The molecular formula is C19H16FN5O6S2. The van der Waals surface area contributed by atoms with E-state index in [0.717, 1.165) is 29.2 Å². The van der Waals surface area contributed by atoms with E-state index in [4.69, 9.17) is 9.47 Å². The average molecular weight is 493 g/mol. The fourth-order valence-electron chi connectivity index (χ4n) is 2.56. The van der Waals surface area contributed by atoms with E-state index in [9.17, 15) is 24.1 Å². The van der Waals surface area contributed by atoms with Gasteiger partial charge in [0.05, 0.1) is 36.6 Å². The van der Waals surface area contributed by atoms with Gasteiger partial charge in [0.1, 0.15) is 11.4 Å². The SMILES string of the molecule is COc1cc(C(=O)Nc2nnc(SCC(=O)Nc3ccccc3F)s2)c([N+](=O)[O-])cc1OC. The minimum absolute atomic E-state index is 0.0600. The van der Waals surface area contributed by atoms with Gasteiger partial charge in [-0.05, 0) is 12.1 Å². The summed E-state index contributed by atoms with van der Waals surface area (Å²) < 4.78 is 24.1. The van der Waals surface area contributed by atoms with Gasteiger partial charge in [0.2, 0.25) is 11.0 Å². The standard InChI is InChI=1S/C19H16FN5O6S2/c1-30-14-7-10(13(25(28)29)8-15(14)31-2)17(27)22-18-23-24-19(33-18)32-9-16(26)21-12-6-4-3-5-11(12)20/h3-8H,9H2,1-2H3,(H,21,26)(H,22,23,27). The third-order valence-corrected chi connectivity index (χ3v) is 6.02. The summed E-state index contributed by atoms with van der Waals surface area (Å²) in [6.07, 6.45) is 0. The summed E-state index contributed by atoms with van der Waals surface area (Å²) >= 11 is 2.00. The molecule has 3 rings (SSSR count). The maximum Gasteiger partial charge on any atom is 0.286 e. The number of amides is 2. The Morgan fingerprint density at radius 2 is 1.85 bits per heavy atom. The van der Waals surface area contributed by atoms with Gasteiger partial charge >= 0.3 is 0 Å². The second-order valence-electron chi connectivity index (χ2n) is 6.13. The van der Waals surface area contributed by atoms with Crippen LogP contribution in [0.3, 0.4) is 0 Å². The van der Waals surface area contributed by atoms with Crippen LogP contribution in [-0.4, -0.2) is 46.9 Å². The van der Waals surface area contributed by atoms with Gasteiger partial charge in [-0.15, -0.1) is 10.2 Å². The summed E-state index contributed by atoms with van der Waals surface area (Å²) in [7, 11) is 2.65. The van der Waals surface area contributed by atoms with E-state index in [2.05, 4.69) is 20.8 Å². The normalized spacial score (nSPS) is 10.4. The highest BCUT2D eigenvalue weighted by Gasteiger charge is 2.25. The number of methoxy groups -OCH3 is 2. The lowest BCUT2D eigenvalue weighted by atomic mass is 10.1. The van der Waals surface area contributed by atoms with E-state index in [0.29, 0.717) is 4.34 Å². The smallest absolute Gasteiger partial charge is 0.286 e. The number of nitro benzene ring substituents is 1. The topological polar surface area (TPSA) is 146 Å². The van der Waals surface area contributed by atoms with Crippen LogP contribution in [0.2, 0.25) is 0 Å². The lowest BCUT2D eigenvalue weighted by Crippen LogP contribution is -2.14. The first-order valence-corrected chi connectivity index (χ1v) is 10.8. The molecule has 1 heterocycles. The number of rotatable bonds is 9. The molecule has 1 aromatic heterocycles. The molecular weight excluding hydrogens is 477 g/mol. The van der Waals surface area contributed by atoms with Crippen molar-refractivity contribution in [2.45, 2.75) is 4.34 Å². The Morgan fingerprint density at radius 1 is 1.15 bits per heavy atom. The molecule has 0 aliphatic carbocycles. The van der Waals surface area contributed by atoms with Crippen LogP contribution in [0.15, 0.2) is 40.7 Å². The van der Waals surface area contributed by atoms with Crippen LogP contribution in [0, 0.1) is 15.9 Å². The number of thioether (sulfide) groups is 1. The number of nitrogens with one attached hydrogen (secondary N) is 2. The Labute approximate surface area is 194 Å². The Hall–Kier alpha value is -3.78. The first-order chi connectivity index (χ1) is 15.8. The number of halogens is 1. The molecule has 2 aromatic carbocycles. The first-order valence-electron chi connectivity index (χ1n) is 9.04. The molecule has 0 aliphatic heterocycles. The number of carbonyl (C=O) groups is 2. The van der Waals surface area contributed by atoms with E-state index >= 15 is 0 Å². The molecule has 0 radical (unpaired) electrons. The minimum atomic E-state index is -0.798. The van der Waals surface area contributed by atoms with Gasteiger partial charge in [-0.3, -0.25) is 25.0 Å². The first kappa shape index (κ1) is 23.9. The van der Waals surface area contributed by atoms with Crippen LogP contribution < -0.4 is 20.1 Å². The van der Waals surface area contributed by atoms with Crippen LogP contribution in [0.4, 0.5) is 20.9 Å². The van der Waals surface area contributed by atoms with Gasteiger partial charge in [0.15, 0.2) is 15.8 Å². The zero-order chi connectivity index (χ0) is 24.0. The van der Waals surface area contributed by atoms with Gasteiger partial charge in [-0.2, -0.15) is 0 Å². The Balaban J connectivity index is 1.66. The number of ether oxygens (including phenoxy) is 2. The van der Waals surface area contributed by atoms with Crippen LogP contribution in [0.1, 0.15) is 10.4 Å². The van der Waals surface area contributed by atoms with Crippen molar-refractivity contribution < 1.29 is 28.4 Å². The lowest BCUT2D eigenvalue weighted by molar-refractivity contribution is -0.385. The highest BCUT2D eigenvalue weighted by molar-refractivity contribution is 8.01. The Bertz CT molecular complexity index is 1210. The largest absolute Gasteiger partial charge is 0.493 e. The number of carbonyl (C=O) groups excluding carboxylic acids is 2. The maximum atomic E-state index is 13.6. The van der Waals surface area contributed by atoms with Crippen LogP contribution in [0.5, 0.6) is 11.5 Å². The number of nitrogens with zero attached hydrogens (tertiary/aromatic N) is 3. The molecule has 0 spiro atoms. The van der Waals surface area contributed by atoms with Crippen LogP contribution >= 0.6 is 23.1 Å². The van der Waals surface area contributed by atoms with Crippen molar-refractivity contribution in [1.82, 2.24) is 10.2 Å². The van der Waals surface area contributed by atoms with E-state index in [-0.39, 0.29) is 33.6 Å². The zero-order valence-corrected chi connectivity index (χ0v) is 18.8. The van der Waals surface area contributed by atoms with Gasteiger partial charge in [0, 0.05) is 6.07 Å². The molecule has 0 bridgehead atoms. The molecule has 172 valence electrons. The molecule has 0 saturated carbocycles. The fraction of sp³-hybridized carbons (Fsp3) is 0.158. The van der Waals surface area contributed by atoms with E-state index < -0.39 is 28.2 Å². The van der Waals surface area contributed by atoms with Crippen molar-refractivity contribution in [2.24, 2.45) is 0 Å². The van der Waals surface area contributed by atoms with Gasteiger partial charge in [-0.25, -0.2) is 4.39 Å². The molecule has 3 aromatic rings. The van der Waals surface area contributed by atoms with Crippen molar-refractivity contribution in [3.8, 4) is 11.5 Å². The van der Waals surface area contributed by atoms with Crippen molar-refractivity contribution in [2.75, 3.05) is 30.6 Å². The predicted octanol–water partition coefficient (Wildman–Crippen LogP) is 3.59. The number of benzene rings is 2. The van der Waals surface area contributed by atoms with Gasteiger partial charge in [-0.1, -0.05) is 35.2 Å². The Morgan fingerprint density at radius 3 is 2.52 bits per heavy atom. The van der Waals surface area contributed by atoms with E-state index in [1.54, 1.807) is 6.07 Å². The second kappa shape index (κ2) is 10.7. The minimum Gasteiger partial charge on any atom is -0.493 e. The molecule has 0 atom stereocenters. The lowest BCUT2D eigenvalue weighted by Gasteiger charge is -2.10. The summed E-state index contributed by atoms with van der Waals surface area (Å²) in [5, 5.41) is 24.0. The monoisotopic (exact) mass is 493 g/mol. The van der Waals surface area contributed by atoms with Crippen molar-refractivity contribution in [1.29, 1.82) is 0 Å². The molecule has 0 unspecified atom stereocenters. The predicted molar refractivity (Wildman–Crippen MR) is 120 cm³/mol. The molecule has 14 heteroatoms. The second-order valence-corrected chi connectivity index (χ2v) is 8.33. The third-order valence-electron chi connectivity index (χ3n) is 4.04. The number of hydrogen-bond acceptors (Lipinski definition) is 10. The van der Waals surface area contributed by atoms with Crippen LogP contribution in [0.25, 0.3) is 0 Å².